The number of amides is 1. The molecular weight excluding hydrogens is 364 g/mol. The fraction of sp³-hybridized carbons (Fsp3) is 0.579. The summed E-state index contributed by atoms with van der Waals surface area (Å²) in [6.45, 7) is 8.34. The Hall–Kier alpha value is -1.93. The summed E-state index contributed by atoms with van der Waals surface area (Å²) < 4.78 is 26.0. The summed E-state index contributed by atoms with van der Waals surface area (Å²) >= 11 is 0. The van der Waals surface area contributed by atoms with Crippen molar-refractivity contribution in [3.8, 4) is 0 Å². The van der Waals surface area contributed by atoms with Crippen molar-refractivity contribution in [1.29, 1.82) is 5.41 Å². The van der Waals surface area contributed by atoms with Crippen molar-refractivity contribution in [2.45, 2.75) is 59.2 Å². The summed E-state index contributed by atoms with van der Waals surface area (Å²) in [5.41, 5.74) is 1.01. The van der Waals surface area contributed by atoms with Crippen LogP contribution < -0.4 is 10.0 Å². The number of carbonyl (C=O) groups is 1. The Kier molecular flexibility index (Phi) is 6.64. The summed E-state index contributed by atoms with van der Waals surface area (Å²) in [6.07, 6.45) is 1.25. The Morgan fingerprint density at radius 1 is 1.22 bits per heavy atom. The highest BCUT2D eigenvalue weighted by atomic mass is 32.2. The third kappa shape index (κ3) is 5.52. The van der Waals surface area contributed by atoms with Crippen molar-refractivity contribution in [2.24, 2.45) is 5.92 Å². The maximum Gasteiger partial charge on any atom is 0.255 e. The molecule has 0 bridgehead atoms. The molecule has 0 aliphatic carbocycles. The molecule has 7 nitrogen and oxygen atoms in total. The molecule has 0 aromatic heterocycles. The molecule has 3 N–H and O–H groups in total. The average molecular weight is 395 g/mol. The van der Waals surface area contributed by atoms with Gasteiger partial charge in [-0.3, -0.25) is 15.1 Å². The molecule has 0 saturated carbocycles. The highest BCUT2D eigenvalue weighted by Gasteiger charge is 2.45. The fourth-order valence-corrected chi connectivity index (χ4v) is 4.44. The molecule has 1 atom stereocenters. The van der Waals surface area contributed by atoms with Gasteiger partial charge in [0.2, 0.25) is 10.0 Å². The lowest BCUT2D eigenvalue weighted by Gasteiger charge is -2.24. The Morgan fingerprint density at radius 2 is 1.81 bits per heavy atom. The van der Waals surface area contributed by atoms with Gasteiger partial charge in [0.1, 0.15) is 5.54 Å². The van der Waals surface area contributed by atoms with E-state index >= 15 is 0 Å². The lowest BCUT2D eigenvalue weighted by molar-refractivity contribution is -0.131. The van der Waals surface area contributed by atoms with E-state index in [0.29, 0.717) is 25.3 Å². The van der Waals surface area contributed by atoms with Crippen LogP contribution in [0.3, 0.4) is 0 Å². The maximum atomic E-state index is 12.8. The van der Waals surface area contributed by atoms with Crippen LogP contribution in [-0.4, -0.2) is 36.5 Å². The minimum atomic E-state index is -3.24. The second-order valence-corrected chi connectivity index (χ2v) is 9.68. The molecule has 1 aliphatic heterocycles. The van der Waals surface area contributed by atoms with Crippen LogP contribution in [0.4, 0.5) is 0 Å². The molecule has 2 rings (SSSR count). The van der Waals surface area contributed by atoms with Crippen molar-refractivity contribution >= 4 is 21.9 Å². The third-order valence-corrected chi connectivity index (χ3v) is 6.06. The summed E-state index contributed by atoms with van der Waals surface area (Å²) in [6, 6.07) is 7.41. The van der Waals surface area contributed by atoms with E-state index in [0.717, 1.165) is 11.1 Å². The van der Waals surface area contributed by atoms with E-state index in [1.54, 1.807) is 0 Å². The molecule has 0 radical (unpaired) electrons. The van der Waals surface area contributed by atoms with E-state index in [1.165, 1.54) is 4.90 Å². The first-order chi connectivity index (χ1) is 12.6. The van der Waals surface area contributed by atoms with Crippen molar-refractivity contribution < 1.29 is 13.2 Å². The Bertz CT molecular complexity index is 790. The molecule has 1 aromatic rings. The third-order valence-electron chi connectivity index (χ3n) is 4.53. The van der Waals surface area contributed by atoms with Gasteiger partial charge in [0, 0.05) is 6.54 Å². The van der Waals surface area contributed by atoms with Gasteiger partial charge in [-0.15, -0.1) is 0 Å². The molecule has 1 aliphatic rings. The second kappa shape index (κ2) is 8.39. The first kappa shape index (κ1) is 21.4. The second-order valence-electron chi connectivity index (χ2n) is 7.75. The van der Waals surface area contributed by atoms with Crippen LogP contribution in [0, 0.1) is 11.3 Å². The smallest absolute Gasteiger partial charge is 0.255 e. The van der Waals surface area contributed by atoms with E-state index < -0.39 is 15.6 Å². The van der Waals surface area contributed by atoms with Crippen LogP contribution in [0.2, 0.25) is 0 Å². The zero-order valence-corrected chi connectivity index (χ0v) is 17.3. The average Bonchev–Trinajstić information content (AvgIpc) is 2.76. The first-order valence-electron chi connectivity index (χ1n) is 9.30. The lowest BCUT2D eigenvalue weighted by atomic mass is 9.91. The van der Waals surface area contributed by atoms with Gasteiger partial charge in [0.05, 0.1) is 12.3 Å². The molecular formula is C19H30N4O3S. The zero-order valence-electron chi connectivity index (χ0n) is 16.5. The molecule has 0 spiro atoms. The number of guanidine groups is 1. The van der Waals surface area contributed by atoms with Crippen LogP contribution >= 0.6 is 0 Å². The summed E-state index contributed by atoms with van der Waals surface area (Å²) in [4.78, 5) is 14.2. The fourth-order valence-electron chi connectivity index (χ4n) is 3.37. The number of benzene rings is 1. The molecule has 1 saturated heterocycles. The van der Waals surface area contributed by atoms with Gasteiger partial charge in [-0.25, -0.2) is 13.1 Å². The van der Waals surface area contributed by atoms with Crippen LogP contribution in [0.1, 0.15) is 51.7 Å². The van der Waals surface area contributed by atoms with E-state index in [1.807, 2.05) is 38.1 Å². The molecule has 1 fully saturated rings. The minimum Gasteiger partial charge on any atom is -0.342 e. The predicted molar refractivity (Wildman–Crippen MR) is 107 cm³/mol. The van der Waals surface area contributed by atoms with Gasteiger partial charge in [-0.2, -0.15) is 0 Å². The molecule has 150 valence electrons. The highest BCUT2D eigenvalue weighted by Crippen LogP contribution is 2.25. The van der Waals surface area contributed by atoms with E-state index in [9.17, 15) is 13.2 Å². The number of rotatable bonds is 9. The molecule has 1 aromatic carbocycles. The maximum absolute atomic E-state index is 12.8. The number of carbonyl (C=O) groups excluding carboxylic acids is 1. The topological polar surface area (TPSA) is 102 Å². The Morgan fingerprint density at radius 3 is 2.37 bits per heavy atom. The van der Waals surface area contributed by atoms with Crippen LogP contribution in [0.15, 0.2) is 24.3 Å². The Balaban J connectivity index is 2.00. The van der Waals surface area contributed by atoms with Gasteiger partial charge in [0.15, 0.2) is 5.96 Å². The Labute approximate surface area is 162 Å². The van der Waals surface area contributed by atoms with E-state index in [4.69, 9.17) is 5.41 Å². The van der Waals surface area contributed by atoms with E-state index in [-0.39, 0.29) is 24.2 Å². The standard InChI is InChI=1S/C19H30N4O3S/c1-5-10-27(25,26)21-12-15-6-8-16(9-7-15)13-23-17(24)19(4,11-14(2)3)22-18(23)20/h6-9,14,21H,5,10-13H2,1-4H3,(H2,20,22). The molecule has 1 amide bonds. The van der Waals surface area contributed by atoms with Crippen molar-refractivity contribution in [2.75, 3.05) is 5.75 Å². The summed E-state index contributed by atoms with van der Waals surface area (Å²) in [5, 5.41) is 11.1. The molecule has 8 heteroatoms. The first-order valence-corrected chi connectivity index (χ1v) is 11.0. The van der Waals surface area contributed by atoms with Crippen LogP contribution in [-0.2, 0) is 27.9 Å². The minimum absolute atomic E-state index is 0.0856. The zero-order chi connectivity index (χ0) is 20.2. The molecule has 1 heterocycles. The van der Waals surface area contributed by atoms with Crippen molar-refractivity contribution in [1.82, 2.24) is 14.9 Å². The quantitative estimate of drug-likeness (QED) is 0.597. The highest BCUT2D eigenvalue weighted by molar-refractivity contribution is 7.89. The number of nitrogens with one attached hydrogen (secondary N) is 3. The number of nitrogens with zero attached hydrogens (tertiary/aromatic N) is 1. The predicted octanol–water partition coefficient (Wildman–Crippen LogP) is 2.19. The van der Waals surface area contributed by atoms with Gasteiger partial charge < -0.3 is 5.32 Å². The lowest BCUT2D eigenvalue weighted by Crippen LogP contribution is -2.44. The molecule has 1 unspecified atom stereocenters. The largest absolute Gasteiger partial charge is 0.342 e. The van der Waals surface area contributed by atoms with Gasteiger partial charge in [-0.1, -0.05) is 45.0 Å². The van der Waals surface area contributed by atoms with E-state index in [2.05, 4.69) is 23.9 Å². The van der Waals surface area contributed by atoms with Gasteiger partial charge in [0.25, 0.3) is 5.91 Å². The number of sulfonamides is 1. The van der Waals surface area contributed by atoms with Crippen molar-refractivity contribution in [3.63, 3.8) is 0 Å². The van der Waals surface area contributed by atoms with Gasteiger partial charge >= 0.3 is 0 Å². The number of hydrogen-bond acceptors (Lipinski definition) is 4. The SMILES string of the molecule is CCCS(=O)(=O)NCc1ccc(CN2C(=N)NC(C)(CC(C)C)C2=O)cc1. The normalized spacial score (nSPS) is 20.4. The van der Waals surface area contributed by atoms with Crippen LogP contribution in [0.25, 0.3) is 0 Å². The van der Waals surface area contributed by atoms with Crippen molar-refractivity contribution in [3.05, 3.63) is 35.4 Å². The summed E-state index contributed by atoms with van der Waals surface area (Å²) in [5.74, 6) is 0.499. The monoisotopic (exact) mass is 394 g/mol. The molecule has 27 heavy (non-hydrogen) atoms. The summed E-state index contributed by atoms with van der Waals surface area (Å²) in [7, 11) is -3.24. The number of hydrogen-bond donors (Lipinski definition) is 3. The van der Waals surface area contributed by atoms with Crippen LogP contribution in [0.5, 0.6) is 0 Å². The van der Waals surface area contributed by atoms with Gasteiger partial charge in [-0.05, 0) is 36.8 Å².